The molecule has 0 radical (unpaired) electrons. The van der Waals surface area contributed by atoms with Gasteiger partial charge in [0.2, 0.25) is 11.0 Å². The molecule has 6 nitrogen and oxygen atoms in total. The molecular weight excluding hydrogens is 290 g/mol. The molecule has 0 bridgehead atoms. The summed E-state index contributed by atoms with van der Waals surface area (Å²) >= 11 is 1.36. The van der Waals surface area contributed by atoms with Gasteiger partial charge in [-0.15, -0.1) is 10.2 Å². The Morgan fingerprint density at radius 2 is 2.29 bits per heavy atom. The first-order valence-electron chi connectivity index (χ1n) is 7.04. The molecule has 0 unspecified atom stereocenters. The first-order valence-corrected chi connectivity index (χ1v) is 7.85. The lowest BCUT2D eigenvalue weighted by molar-refractivity contribution is -0.140. The summed E-state index contributed by atoms with van der Waals surface area (Å²) in [7, 11) is 1.38. The molecule has 1 aliphatic carbocycles. The van der Waals surface area contributed by atoms with Gasteiger partial charge in [0.05, 0.1) is 7.11 Å². The van der Waals surface area contributed by atoms with Crippen molar-refractivity contribution < 1.29 is 14.3 Å². The molecule has 0 spiro atoms. The van der Waals surface area contributed by atoms with Gasteiger partial charge in [-0.3, -0.25) is 9.59 Å². The number of aromatic nitrogens is 2. The number of ether oxygens (including phenoxy) is 1. The Kier molecular flexibility index (Phi) is 5.86. The maximum Gasteiger partial charge on any atom is 0.305 e. The van der Waals surface area contributed by atoms with Gasteiger partial charge in [-0.1, -0.05) is 23.5 Å². The maximum absolute atomic E-state index is 12.1. The van der Waals surface area contributed by atoms with Gasteiger partial charge in [-0.25, -0.2) is 0 Å². The van der Waals surface area contributed by atoms with Crippen LogP contribution in [0.3, 0.4) is 0 Å². The second-order valence-electron chi connectivity index (χ2n) is 4.90. The summed E-state index contributed by atoms with van der Waals surface area (Å²) < 4.78 is 4.58. The monoisotopic (exact) mass is 309 g/mol. The molecule has 0 saturated heterocycles. The normalized spacial score (nSPS) is 17.5. The molecule has 0 aliphatic heterocycles. The summed E-state index contributed by atoms with van der Waals surface area (Å²) in [6.45, 7) is 0. The van der Waals surface area contributed by atoms with E-state index in [-0.39, 0.29) is 17.8 Å². The average molecular weight is 309 g/mol. The van der Waals surface area contributed by atoms with Crippen molar-refractivity contribution in [2.45, 2.75) is 38.5 Å². The van der Waals surface area contributed by atoms with E-state index < -0.39 is 0 Å². The highest BCUT2D eigenvalue weighted by Gasteiger charge is 2.20. The van der Waals surface area contributed by atoms with E-state index in [0.29, 0.717) is 24.4 Å². The van der Waals surface area contributed by atoms with Crippen molar-refractivity contribution in [2.24, 2.45) is 5.92 Å². The first-order chi connectivity index (χ1) is 10.2. The van der Waals surface area contributed by atoms with E-state index in [0.717, 1.165) is 24.3 Å². The predicted octanol–water partition coefficient (Wildman–Crippen LogP) is 2.33. The van der Waals surface area contributed by atoms with Crippen LogP contribution >= 0.6 is 11.3 Å². The number of anilines is 1. The SMILES string of the molecule is COC(=O)CCCc1nnc(NC(=O)[C@H]2CC=CCC2)s1. The fraction of sp³-hybridized carbons (Fsp3) is 0.571. The van der Waals surface area contributed by atoms with E-state index in [1.165, 1.54) is 18.4 Å². The summed E-state index contributed by atoms with van der Waals surface area (Å²) in [5.41, 5.74) is 0. The zero-order valence-corrected chi connectivity index (χ0v) is 12.8. The van der Waals surface area contributed by atoms with Gasteiger partial charge in [0.15, 0.2) is 0 Å². The zero-order valence-electron chi connectivity index (χ0n) is 12.0. The number of allylic oxidation sites excluding steroid dienone is 2. The smallest absolute Gasteiger partial charge is 0.305 e. The van der Waals surface area contributed by atoms with Crippen molar-refractivity contribution in [3.05, 3.63) is 17.2 Å². The number of methoxy groups -OCH3 is 1. The second kappa shape index (κ2) is 7.87. The average Bonchev–Trinajstić information content (AvgIpc) is 2.95. The van der Waals surface area contributed by atoms with Gasteiger partial charge < -0.3 is 10.1 Å². The quantitative estimate of drug-likeness (QED) is 0.644. The number of nitrogens with one attached hydrogen (secondary N) is 1. The molecule has 114 valence electrons. The minimum absolute atomic E-state index is 0.0108. The van der Waals surface area contributed by atoms with Gasteiger partial charge >= 0.3 is 5.97 Å². The number of carbonyl (C=O) groups excluding carboxylic acids is 2. The number of nitrogens with zero attached hydrogens (tertiary/aromatic N) is 2. The van der Waals surface area contributed by atoms with Gasteiger partial charge in [0, 0.05) is 18.8 Å². The molecule has 1 N–H and O–H groups in total. The molecular formula is C14H19N3O3S. The van der Waals surface area contributed by atoms with Crippen molar-refractivity contribution >= 4 is 28.3 Å². The number of aryl methyl sites for hydroxylation is 1. The molecule has 0 aromatic carbocycles. The Morgan fingerprint density at radius 3 is 3.00 bits per heavy atom. The molecule has 0 fully saturated rings. The van der Waals surface area contributed by atoms with E-state index in [9.17, 15) is 9.59 Å². The van der Waals surface area contributed by atoms with Crippen LogP contribution in [0, 0.1) is 5.92 Å². The minimum atomic E-state index is -0.224. The molecule has 0 saturated carbocycles. The maximum atomic E-state index is 12.1. The Bertz CT molecular complexity index is 527. The molecule has 1 atom stereocenters. The van der Waals surface area contributed by atoms with Gasteiger partial charge in [-0.05, 0) is 25.7 Å². The molecule has 2 rings (SSSR count). The van der Waals surface area contributed by atoms with Crippen LogP contribution in [0.25, 0.3) is 0 Å². The van der Waals surface area contributed by atoms with Crippen LogP contribution < -0.4 is 5.32 Å². The number of hydrogen-bond acceptors (Lipinski definition) is 6. The third-order valence-electron chi connectivity index (χ3n) is 3.34. The summed E-state index contributed by atoms with van der Waals surface area (Å²) in [5.74, 6) is -0.184. The lowest BCUT2D eigenvalue weighted by Crippen LogP contribution is -2.23. The van der Waals surface area contributed by atoms with Crippen molar-refractivity contribution in [1.82, 2.24) is 10.2 Å². The van der Waals surface area contributed by atoms with E-state index in [2.05, 4.69) is 26.3 Å². The lowest BCUT2D eigenvalue weighted by Gasteiger charge is -2.15. The highest BCUT2D eigenvalue weighted by Crippen LogP contribution is 2.22. The van der Waals surface area contributed by atoms with Gasteiger partial charge in [0.25, 0.3) is 0 Å². The predicted molar refractivity (Wildman–Crippen MR) is 80.0 cm³/mol. The Labute approximate surface area is 127 Å². The Balaban J connectivity index is 1.78. The van der Waals surface area contributed by atoms with E-state index >= 15 is 0 Å². The number of esters is 1. The molecule has 7 heteroatoms. The van der Waals surface area contributed by atoms with Crippen LogP contribution in [-0.4, -0.2) is 29.2 Å². The Morgan fingerprint density at radius 1 is 1.43 bits per heavy atom. The second-order valence-corrected chi connectivity index (χ2v) is 5.96. The molecule has 1 aromatic heterocycles. The van der Waals surface area contributed by atoms with Crippen LogP contribution in [-0.2, 0) is 20.7 Å². The highest BCUT2D eigenvalue weighted by atomic mass is 32.1. The molecule has 1 amide bonds. The fourth-order valence-corrected chi connectivity index (χ4v) is 2.91. The third kappa shape index (κ3) is 4.93. The lowest BCUT2D eigenvalue weighted by atomic mass is 9.94. The van der Waals surface area contributed by atoms with Crippen molar-refractivity contribution in [3.8, 4) is 0 Å². The molecule has 1 aromatic rings. The number of amides is 1. The molecule has 1 heterocycles. The minimum Gasteiger partial charge on any atom is -0.469 e. The van der Waals surface area contributed by atoms with Crippen LogP contribution in [0.15, 0.2) is 12.2 Å². The van der Waals surface area contributed by atoms with Crippen molar-refractivity contribution in [2.75, 3.05) is 12.4 Å². The summed E-state index contributed by atoms with van der Waals surface area (Å²) in [6, 6.07) is 0. The van der Waals surface area contributed by atoms with Gasteiger partial charge in [0.1, 0.15) is 5.01 Å². The summed E-state index contributed by atoms with van der Waals surface area (Å²) in [4.78, 5) is 23.1. The molecule has 1 aliphatic rings. The zero-order chi connectivity index (χ0) is 15.1. The van der Waals surface area contributed by atoms with E-state index in [1.807, 2.05) is 6.08 Å². The standard InChI is InChI=1S/C14H19N3O3S/c1-20-12(18)9-5-8-11-16-17-14(21-11)15-13(19)10-6-3-2-4-7-10/h2-3,10H,4-9H2,1H3,(H,15,17,19)/t10-/m0/s1. The topological polar surface area (TPSA) is 81.2 Å². The third-order valence-corrected chi connectivity index (χ3v) is 4.23. The van der Waals surface area contributed by atoms with E-state index in [4.69, 9.17) is 0 Å². The van der Waals surface area contributed by atoms with E-state index in [1.54, 1.807) is 0 Å². The van der Waals surface area contributed by atoms with Crippen LogP contribution in [0.2, 0.25) is 0 Å². The van der Waals surface area contributed by atoms with Gasteiger partial charge in [-0.2, -0.15) is 0 Å². The highest BCUT2D eigenvalue weighted by molar-refractivity contribution is 7.15. The van der Waals surface area contributed by atoms with Crippen molar-refractivity contribution in [3.63, 3.8) is 0 Å². The number of carbonyl (C=O) groups is 2. The first kappa shape index (κ1) is 15.6. The number of rotatable bonds is 6. The Hall–Kier alpha value is -1.76. The van der Waals surface area contributed by atoms with Crippen LogP contribution in [0.5, 0.6) is 0 Å². The summed E-state index contributed by atoms with van der Waals surface area (Å²) in [5, 5.41) is 12.2. The van der Waals surface area contributed by atoms with Crippen molar-refractivity contribution in [1.29, 1.82) is 0 Å². The molecule has 21 heavy (non-hydrogen) atoms. The number of hydrogen-bond donors (Lipinski definition) is 1. The fourth-order valence-electron chi connectivity index (χ4n) is 2.13. The largest absolute Gasteiger partial charge is 0.469 e. The van der Waals surface area contributed by atoms with Crippen LogP contribution in [0.1, 0.15) is 37.1 Å². The summed E-state index contributed by atoms with van der Waals surface area (Å²) in [6.07, 6.45) is 8.47. The van der Waals surface area contributed by atoms with Crippen LogP contribution in [0.4, 0.5) is 5.13 Å².